The molecule has 1 heterocycles. The summed E-state index contributed by atoms with van der Waals surface area (Å²) >= 11 is 6.32. The van der Waals surface area contributed by atoms with E-state index in [1.807, 2.05) is 6.07 Å². The van der Waals surface area contributed by atoms with Crippen LogP contribution in [0.1, 0.15) is 15.9 Å². The first-order valence-corrected chi connectivity index (χ1v) is 8.38. The number of nitrogens with zero attached hydrogens (tertiary/aromatic N) is 2. The Bertz CT molecular complexity index is 1040. The molecule has 8 heteroatoms. The number of nitrogen functional groups attached to an aromatic ring is 1. The van der Waals surface area contributed by atoms with Crippen LogP contribution in [0.15, 0.2) is 53.6 Å². The summed E-state index contributed by atoms with van der Waals surface area (Å²) in [5.41, 5.74) is 6.56. The smallest absolute Gasteiger partial charge is 0.273 e. The van der Waals surface area contributed by atoms with Crippen molar-refractivity contribution in [1.82, 2.24) is 9.55 Å². The summed E-state index contributed by atoms with van der Waals surface area (Å²) in [4.78, 5) is 29.6. The average molecular weight is 385 g/mol. The molecule has 0 aliphatic heterocycles. The first-order chi connectivity index (χ1) is 12.9. The molecule has 0 saturated heterocycles. The summed E-state index contributed by atoms with van der Waals surface area (Å²) in [6, 6.07) is 12.1. The Morgan fingerprint density at radius 3 is 2.59 bits per heavy atom. The van der Waals surface area contributed by atoms with Gasteiger partial charge in [0, 0.05) is 11.8 Å². The number of aromatic nitrogens is 2. The lowest BCUT2D eigenvalue weighted by atomic mass is 10.1. The number of nitrogens with one attached hydrogen (secondary N) is 1. The number of hydrogen-bond donors (Lipinski definition) is 2. The molecule has 27 heavy (non-hydrogen) atoms. The molecule has 3 rings (SSSR count). The van der Waals surface area contributed by atoms with Gasteiger partial charge >= 0.3 is 0 Å². The largest absolute Gasteiger partial charge is 0.497 e. The van der Waals surface area contributed by atoms with Gasteiger partial charge in [0.2, 0.25) is 0 Å². The fourth-order valence-electron chi connectivity index (χ4n) is 2.68. The number of rotatable bonds is 4. The fraction of sp³-hybridized carbons (Fsp3) is 0.105. The Balaban J connectivity index is 2.10. The molecule has 0 atom stereocenters. The van der Waals surface area contributed by atoms with Crippen molar-refractivity contribution in [1.29, 1.82) is 0 Å². The van der Waals surface area contributed by atoms with E-state index < -0.39 is 11.5 Å². The zero-order valence-corrected chi connectivity index (χ0v) is 15.4. The number of benzene rings is 2. The van der Waals surface area contributed by atoms with Crippen LogP contribution in [0, 0.1) is 6.92 Å². The van der Waals surface area contributed by atoms with Crippen LogP contribution in [0.3, 0.4) is 0 Å². The number of ether oxygens (including phenoxy) is 1. The lowest BCUT2D eigenvalue weighted by Gasteiger charge is -2.14. The van der Waals surface area contributed by atoms with Crippen LogP contribution < -0.4 is 21.3 Å². The van der Waals surface area contributed by atoms with Gasteiger partial charge in [-0.25, -0.2) is 4.98 Å². The number of aryl methyl sites for hydroxylation is 1. The number of nitrogens with two attached hydrogens (primary N) is 1. The maximum atomic E-state index is 13.0. The number of amides is 1. The Kier molecular flexibility index (Phi) is 5.14. The number of carbonyl (C=O) groups is 1. The molecule has 0 aliphatic rings. The fourth-order valence-corrected chi connectivity index (χ4v) is 3.03. The molecule has 0 unspecified atom stereocenters. The van der Waals surface area contributed by atoms with E-state index in [1.54, 1.807) is 43.3 Å². The van der Waals surface area contributed by atoms with Crippen LogP contribution in [0.25, 0.3) is 5.69 Å². The predicted molar refractivity (Wildman–Crippen MR) is 105 cm³/mol. The molecule has 3 aromatic rings. The van der Waals surface area contributed by atoms with Crippen molar-refractivity contribution < 1.29 is 9.53 Å². The molecule has 0 fully saturated rings. The van der Waals surface area contributed by atoms with Gasteiger partial charge in [-0.2, -0.15) is 0 Å². The molecule has 1 aromatic heterocycles. The number of methoxy groups -OCH3 is 1. The number of halogens is 1. The summed E-state index contributed by atoms with van der Waals surface area (Å²) < 4.78 is 6.37. The maximum absolute atomic E-state index is 13.0. The SMILES string of the molecule is COc1cc(C)c(-n2cnc(N)c(C(=O)Nc3ccccc3)c2=O)c(Cl)c1. The predicted octanol–water partition coefficient (Wildman–Crippen LogP) is 3.04. The monoisotopic (exact) mass is 384 g/mol. The first kappa shape index (κ1) is 18.5. The summed E-state index contributed by atoms with van der Waals surface area (Å²) in [6.45, 7) is 1.77. The highest BCUT2D eigenvalue weighted by molar-refractivity contribution is 6.32. The van der Waals surface area contributed by atoms with E-state index in [0.29, 0.717) is 22.7 Å². The second-order valence-corrected chi connectivity index (χ2v) is 6.18. The average Bonchev–Trinajstić information content (AvgIpc) is 2.63. The molecule has 0 saturated carbocycles. The van der Waals surface area contributed by atoms with Crippen LogP contribution in [0.2, 0.25) is 5.02 Å². The van der Waals surface area contributed by atoms with Gasteiger partial charge in [-0.05, 0) is 30.7 Å². The zero-order chi connectivity index (χ0) is 19.6. The third kappa shape index (κ3) is 3.63. The number of hydrogen-bond acceptors (Lipinski definition) is 5. The Labute approximate surface area is 160 Å². The van der Waals surface area contributed by atoms with Gasteiger partial charge in [0.1, 0.15) is 23.5 Å². The minimum atomic E-state index is -0.646. The van der Waals surface area contributed by atoms with Crippen molar-refractivity contribution >= 4 is 29.0 Å². The van der Waals surface area contributed by atoms with Crippen LogP contribution in [-0.2, 0) is 0 Å². The quantitative estimate of drug-likeness (QED) is 0.720. The van der Waals surface area contributed by atoms with E-state index in [1.165, 1.54) is 18.0 Å². The van der Waals surface area contributed by atoms with E-state index in [0.717, 1.165) is 0 Å². The molecule has 7 nitrogen and oxygen atoms in total. The molecular weight excluding hydrogens is 368 g/mol. The van der Waals surface area contributed by atoms with E-state index in [2.05, 4.69) is 10.3 Å². The molecule has 0 spiro atoms. The molecule has 1 amide bonds. The molecule has 3 N–H and O–H groups in total. The van der Waals surface area contributed by atoms with Crippen molar-refractivity contribution in [2.75, 3.05) is 18.2 Å². The minimum absolute atomic E-state index is 0.160. The van der Waals surface area contributed by atoms with Crippen LogP contribution >= 0.6 is 11.6 Å². The standard InChI is InChI=1S/C19H17ClN4O3/c1-11-8-13(27-2)9-14(20)16(11)24-10-22-17(21)15(19(24)26)18(25)23-12-6-4-3-5-7-12/h3-10H,21H2,1-2H3,(H,23,25). The molecular formula is C19H17ClN4O3. The maximum Gasteiger partial charge on any atom is 0.273 e. The van der Waals surface area contributed by atoms with Gasteiger partial charge in [-0.1, -0.05) is 29.8 Å². The second-order valence-electron chi connectivity index (χ2n) is 5.77. The van der Waals surface area contributed by atoms with Crippen molar-refractivity contribution in [2.24, 2.45) is 0 Å². The topological polar surface area (TPSA) is 99.2 Å². The highest BCUT2D eigenvalue weighted by atomic mass is 35.5. The van der Waals surface area contributed by atoms with Gasteiger partial charge in [0.25, 0.3) is 11.5 Å². The molecule has 2 aromatic carbocycles. The normalized spacial score (nSPS) is 10.5. The van der Waals surface area contributed by atoms with Gasteiger partial charge < -0.3 is 15.8 Å². The molecule has 0 bridgehead atoms. The summed E-state index contributed by atoms with van der Waals surface area (Å²) in [5, 5.41) is 2.93. The third-order valence-corrected chi connectivity index (χ3v) is 4.25. The van der Waals surface area contributed by atoms with Gasteiger partial charge in [0.15, 0.2) is 0 Å². The van der Waals surface area contributed by atoms with Gasteiger partial charge in [-0.15, -0.1) is 0 Å². The number of para-hydroxylation sites is 1. The second kappa shape index (κ2) is 7.51. The van der Waals surface area contributed by atoms with E-state index in [9.17, 15) is 9.59 Å². The third-order valence-electron chi connectivity index (χ3n) is 3.96. The minimum Gasteiger partial charge on any atom is -0.497 e. The summed E-state index contributed by atoms with van der Waals surface area (Å²) in [7, 11) is 1.52. The number of carbonyl (C=O) groups excluding carboxylic acids is 1. The lowest BCUT2D eigenvalue weighted by Crippen LogP contribution is -2.31. The van der Waals surface area contributed by atoms with Crippen molar-refractivity contribution in [3.63, 3.8) is 0 Å². The Morgan fingerprint density at radius 1 is 1.26 bits per heavy atom. The molecule has 0 aliphatic carbocycles. The van der Waals surface area contributed by atoms with Crippen LogP contribution in [-0.4, -0.2) is 22.6 Å². The highest BCUT2D eigenvalue weighted by Crippen LogP contribution is 2.28. The molecule has 0 radical (unpaired) electrons. The van der Waals surface area contributed by atoms with E-state index in [-0.39, 0.29) is 16.4 Å². The molecule has 138 valence electrons. The van der Waals surface area contributed by atoms with Crippen LogP contribution in [0.4, 0.5) is 11.5 Å². The van der Waals surface area contributed by atoms with E-state index >= 15 is 0 Å². The van der Waals surface area contributed by atoms with Gasteiger partial charge in [0.05, 0.1) is 17.8 Å². The van der Waals surface area contributed by atoms with Crippen molar-refractivity contribution in [3.8, 4) is 11.4 Å². The van der Waals surface area contributed by atoms with Crippen LogP contribution in [0.5, 0.6) is 5.75 Å². The van der Waals surface area contributed by atoms with E-state index in [4.69, 9.17) is 22.1 Å². The summed E-state index contributed by atoms with van der Waals surface area (Å²) in [6.07, 6.45) is 1.25. The highest BCUT2D eigenvalue weighted by Gasteiger charge is 2.20. The van der Waals surface area contributed by atoms with Crippen molar-refractivity contribution in [3.05, 3.63) is 75.3 Å². The summed E-state index contributed by atoms with van der Waals surface area (Å²) in [5.74, 6) is -0.250. The Hall–Kier alpha value is -3.32. The number of anilines is 2. The zero-order valence-electron chi connectivity index (χ0n) is 14.7. The lowest BCUT2D eigenvalue weighted by molar-refractivity contribution is 0.102. The van der Waals surface area contributed by atoms with Gasteiger partial charge in [-0.3, -0.25) is 14.2 Å². The first-order valence-electron chi connectivity index (χ1n) is 8.00. The Morgan fingerprint density at radius 2 is 1.96 bits per heavy atom. The van der Waals surface area contributed by atoms with Crippen molar-refractivity contribution in [2.45, 2.75) is 6.92 Å².